The van der Waals surface area contributed by atoms with Crippen LogP contribution in [0, 0.1) is 5.41 Å². The Morgan fingerprint density at radius 3 is 2.18 bits per heavy atom. The second-order valence-electron chi connectivity index (χ2n) is 7.19. The molecule has 6 heteroatoms. The lowest BCUT2D eigenvalue weighted by molar-refractivity contribution is -0.154. The molecule has 0 saturated heterocycles. The number of rotatable bonds is 6. The number of carbonyl (C=O) groups is 2. The van der Waals surface area contributed by atoms with Gasteiger partial charge >= 0.3 is 12.1 Å². The number of ether oxygens (including phenoxy) is 2. The van der Waals surface area contributed by atoms with Gasteiger partial charge in [0.05, 0.1) is 17.6 Å². The zero-order chi connectivity index (χ0) is 17.6. The molecule has 0 aliphatic carbocycles. The van der Waals surface area contributed by atoms with Crippen LogP contribution in [-0.2, 0) is 14.3 Å². The Labute approximate surface area is 132 Å². The summed E-state index contributed by atoms with van der Waals surface area (Å²) in [4.78, 5) is 23.6. The maximum Gasteiger partial charge on any atom is 0.408 e. The molecule has 0 spiro atoms. The highest BCUT2D eigenvalue weighted by Gasteiger charge is 2.28. The summed E-state index contributed by atoms with van der Waals surface area (Å²) < 4.78 is 10.3. The molecule has 22 heavy (non-hydrogen) atoms. The zero-order valence-electron chi connectivity index (χ0n) is 14.4. The molecule has 0 rings (SSSR count). The summed E-state index contributed by atoms with van der Waals surface area (Å²) in [5, 5.41) is 12.6. The molecule has 0 aromatic rings. The van der Waals surface area contributed by atoms with Crippen molar-refractivity contribution < 1.29 is 24.2 Å². The van der Waals surface area contributed by atoms with E-state index in [1.54, 1.807) is 41.5 Å². The molecule has 0 radical (unpaired) electrons. The maximum absolute atomic E-state index is 11.8. The van der Waals surface area contributed by atoms with Crippen LogP contribution in [0.25, 0.3) is 0 Å². The number of hydrogen-bond acceptors (Lipinski definition) is 5. The fourth-order valence-electron chi connectivity index (χ4n) is 1.42. The molecule has 0 heterocycles. The summed E-state index contributed by atoms with van der Waals surface area (Å²) in [7, 11) is 0. The standard InChI is InChI=1S/C16H29NO5/c1-8-9-12(18)11(10-21-13(19)15(2,3)4)17-14(20)22-16(5,6)7/h8,11-12,18H,1,9-10H2,2-7H3,(H,17,20)/t11-,12+/m0/s1. The van der Waals surface area contributed by atoms with Crippen molar-refractivity contribution in [2.24, 2.45) is 5.41 Å². The average molecular weight is 315 g/mol. The number of carbonyl (C=O) groups excluding carboxylic acids is 2. The van der Waals surface area contributed by atoms with Crippen LogP contribution in [0.2, 0.25) is 0 Å². The number of amides is 1. The third kappa shape index (κ3) is 8.67. The van der Waals surface area contributed by atoms with Crippen LogP contribution in [-0.4, -0.2) is 41.5 Å². The quantitative estimate of drug-likeness (QED) is 0.581. The van der Waals surface area contributed by atoms with E-state index >= 15 is 0 Å². The molecule has 0 bridgehead atoms. The van der Waals surface area contributed by atoms with Crippen LogP contribution in [0.15, 0.2) is 12.7 Å². The lowest BCUT2D eigenvalue weighted by Gasteiger charge is -2.27. The fourth-order valence-corrected chi connectivity index (χ4v) is 1.42. The van der Waals surface area contributed by atoms with Crippen molar-refractivity contribution >= 4 is 12.1 Å². The summed E-state index contributed by atoms with van der Waals surface area (Å²) in [6.07, 6.45) is 0.193. The fraction of sp³-hybridized carbons (Fsp3) is 0.750. The van der Waals surface area contributed by atoms with E-state index in [1.165, 1.54) is 6.08 Å². The zero-order valence-corrected chi connectivity index (χ0v) is 14.4. The highest BCUT2D eigenvalue weighted by atomic mass is 16.6. The highest BCUT2D eigenvalue weighted by molar-refractivity contribution is 5.75. The van der Waals surface area contributed by atoms with Crippen molar-refractivity contribution in [2.45, 2.75) is 65.7 Å². The van der Waals surface area contributed by atoms with Gasteiger partial charge in [-0.25, -0.2) is 4.79 Å². The number of aliphatic hydroxyl groups excluding tert-OH is 1. The van der Waals surface area contributed by atoms with Gasteiger partial charge in [-0.1, -0.05) is 6.08 Å². The molecular weight excluding hydrogens is 286 g/mol. The SMILES string of the molecule is C=CC[C@@H](O)[C@H](COC(=O)C(C)(C)C)NC(=O)OC(C)(C)C. The van der Waals surface area contributed by atoms with Crippen molar-refractivity contribution in [3.63, 3.8) is 0 Å². The van der Waals surface area contributed by atoms with Gasteiger partial charge in [-0.3, -0.25) is 4.79 Å². The molecule has 0 aliphatic rings. The van der Waals surface area contributed by atoms with Crippen LogP contribution in [0.4, 0.5) is 4.79 Å². The Bertz CT molecular complexity index is 392. The van der Waals surface area contributed by atoms with Crippen molar-refractivity contribution in [3.05, 3.63) is 12.7 Å². The van der Waals surface area contributed by atoms with Gasteiger partial charge in [0.2, 0.25) is 0 Å². The number of hydrogen-bond donors (Lipinski definition) is 2. The van der Waals surface area contributed by atoms with E-state index in [2.05, 4.69) is 11.9 Å². The van der Waals surface area contributed by atoms with Gasteiger partial charge in [-0.15, -0.1) is 6.58 Å². The van der Waals surface area contributed by atoms with Crippen molar-refractivity contribution in [2.75, 3.05) is 6.61 Å². The van der Waals surface area contributed by atoms with Crippen LogP contribution in [0.5, 0.6) is 0 Å². The largest absolute Gasteiger partial charge is 0.463 e. The van der Waals surface area contributed by atoms with Crippen LogP contribution in [0.3, 0.4) is 0 Å². The van der Waals surface area contributed by atoms with Crippen molar-refractivity contribution in [1.82, 2.24) is 5.32 Å². The summed E-state index contributed by atoms with van der Waals surface area (Å²) in [6, 6.07) is -0.765. The molecule has 0 aromatic carbocycles. The predicted molar refractivity (Wildman–Crippen MR) is 84.4 cm³/mol. The smallest absolute Gasteiger partial charge is 0.408 e. The van der Waals surface area contributed by atoms with Crippen LogP contribution in [0.1, 0.15) is 48.0 Å². The molecular formula is C16H29NO5. The molecule has 0 aliphatic heterocycles. The molecule has 0 aromatic heterocycles. The van der Waals surface area contributed by atoms with E-state index in [0.717, 1.165) is 0 Å². The summed E-state index contributed by atoms with van der Waals surface area (Å²) in [6.45, 7) is 13.8. The van der Waals surface area contributed by atoms with E-state index in [4.69, 9.17) is 9.47 Å². The highest BCUT2D eigenvalue weighted by Crippen LogP contribution is 2.16. The lowest BCUT2D eigenvalue weighted by atomic mass is 9.97. The van der Waals surface area contributed by atoms with Crippen molar-refractivity contribution in [1.29, 1.82) is 0 Å². The molecule has 0 fully saturated rings. The van der Waals surface area contributed by atoms with Gasteiger partial charge in [0, 0.05) is 0 Å². The van der Waals surface area contributed by atoms with E-state index < -0.39 is 35.2 Å². The molecule has 2 atom stereocenters. The first-order valence-electron chi connectivity index (χ1n) is 7.32. The minimum Gasteiger partial charge on any atom is -0.463 e. The Hall–Kier alpha value is -1.56. The van der Waals surface area contributed by atoms with Gasteiger partial charge in [0.25, 0.3) is 0 Å². The van der Waals surface area contributed by atoms with Crippen LogP contribution >= 0.6 is 0 Å². The van der Waals surface area contributed by atoms with Gasteiger partial charge in [0.15, 0.2) is 0 Å². The average Bonchev–Trinajstić information content (AvgIpc) is 2.30. The molecule has 0 saturated carbocycles. The Morgan fingerprint density at radius 1 is 1.23 bits per heavy atom. The predicted octanol–water partition coefficient (Wildman–Crippen LogP) is 2.41. The summed E-state index contributed by atoms with van der Waals surface area (Å²) in [5.74, 6) is -0.408. The first-order valence-corrected chi connectivity index (χ1v) is 7.32. The monoisotopic (exact) mass is 315 g/mol. The second-order valence-corrected chi connectivity index (χ2v) is 7.19. The maximum atomic E-state index is 11.8. The molecule has 6 nitrogen and oxygen atoms in total. The molecule has 1 amide bonds. The molecule has 0 unspecified atom stereocenters. The lowest BCUT2D eigenvalue weighted by Crippen LogP contribution is -2.48. The summed E-state index contributed by atoms with van der Waals surface area (Å²) >= 11 is 0. The number of esters is 1. The first-order chi connectivity index (χ1) is 9.86. The normalized spacial score (nSPS) is 14.7. The minimum absolute atomic E-state index is 0.135. The number of alkyl carbamates (subject to hydrolysis) is 1. The van der Waals surface area contributed by atoms with E-state index in [0.29, 0.717) is 0 Å². The number of nitrogens with one attached hydrogen (secondary N) is 1. The first kappa shape index (κ1) is 20.4. The topological polar surface area (TPSA) is 84.9 Å². The van der Waals surface area contributed by atoms with Gasteiger partial charge in [0.1, 0.15) is 12.2 Å². The van der Waals surface area contributed by atoms with Crippen LogP contribution < -0.4 is 5.32 Å². The summed E-state index contributed by atoms with van der Waals surface area (Å²) in [5.41, 5.74) is -1.31. The van der Waals surface area contributed by atoms with Gasteiger partial charge < -0.3 is 19.9 Å². The Morgan fingerprint density at radius 2 is 1.77 bits per heavy atom. The Balaban J connectivity index is 4.74. The van der Waals surface area contributed by atoms with Gasteiger partial charge in [-0.05, 0) is 48.0 Å². The third-order valence-corrected chi connectivity index (χ3v) is 2.58. The third-order valence-electron chi connectivity index (χ3n) is 2.58. The Kier molecular flexibility index (Phi) is 7.59. The minimum atomic E-state index is -0.919. The molecule has 128 valence electrons. The number of aliphatic hydroxyl groups is 1. The molecule has 2 N–H and O–H groups in total. The van der Waals surface area contributed by atoms with E-state index in [9.17, 15) is 14.7 Å². The van der Waals surface area contributed by atoms with E-state index in [-0.39, 0.29) is 13.0 Å². The second kappa shape index (κ2) is 8.17. The van der Waals surface area contributed by atoms with Gasteiger partial charge in [-0.2, -0.15) is 0 Å². The van der Waals surface area contributed by atoms with E-state index in [1.807, 2.05) is 0 Å². The van der Waals surface area contributed by atoms with Crippen molar-refractivity contribution in [3.8, 4) is 0 Å².